The number of carbonyl (C=O) groups is 1. The summed E-state index contributed by atoms with van der Waals surface area (Å²) in [5.41, 5.74) is 5.68. The van der Waals surface area contributed by atoms with Crippen molar-refractivity contribution in [2.75, 3.05) is 13.2 Å². The van der Waals surface area contributed by atoms with Crippen LogP contribution in [0.5, 0.6) is 0 Å². The highest BCUT2D eigenvalue weighted by Gasteiger charge is 2.41. The molecule has 4 heterocycles. The summed E-state index contributed by atoms with van der Waals surface area (Å²) in [7, 11) is 0. The van der Waals surface area contributed by atoms with Gasteiger partial charge in [0.1, 0.15) is 17.0 Å². The molecular weight excluding hydrogens is 467 g/mol. The molecule has 0 N–H and O–H groups in total. The number of fused-ring (bicyclic) bond motifs is 1. The Morgan fingerprint density at radius 2 is 1.78 bits per heavy atom. The van der Waals surface area contributed by atoms with Crippen molar-refractivity contribution in [1.29, 1.82) is 0 Å². The molecule has 1 saturated carbocycles. The molecule has 1 aliphatic heterocycles. The van der Waals surface area contributed by atoms with Crippen molar-refractivity contribution in [3.05, 3.63) is 65.7 Å². The largest absolute Gasteiger partial charge is 0.335 e. The van der Waals surface area contributed by atoms with Crippen molar-refractivity contribution in [2.24, 2.45) is 5.92 Å². The smallest absolute Gasteiger partial charge is 0.260 e. The number of rotatable bonds is 5. The molecule has 6 rings (SSSR count). The predicted molar refractivity (Wildman–Crippen MR) is 140 cm³/mol. The zero-order valence-electron chi connectivity index (χ0n) is 21.3. The highest BCUT2D eigenvalue weighted by atomic mass is 19.1. The van der Waals surface area contributed by atoms with Gasteiger partial charge < -0.3 is 4.90 Å². The van der Waals surface area contributed by atoms with E-state index < -0.39 is 6.67 Å². The third-order valence-electron chi connectivity index (χ3n) is 8.15. The first-order chi connectivity index (χ1) is 18.0. The quantitative estimate of drug-likeness (QED) is 0.356. The Bertz CT molecular complexity index is 1440. The summed E-state index contributed by atoms with van der Waals surface area (Å²) in [4.78, 5) is 29.3. The van der Waals surface area contributed by atoms with Crippen molar-refractivity contribution < 1.29 is 9.18 Å². The Kier molecular flexibility index (Phi) is 6.18. The number of aromatic nitrogens is 5. The zero-order chi connectivity index (χ0) is 25.5. The van der Waals surface area contributed by atoms with Crippen LogP contribution in [-0.4, -0.2) is 54.6 Å². The van der Waals surface area contributed by atoms with Crippen molar-refractivity contribution in [3.8, 4) is 22.6 Å². The molecule has 0 spiro atoms. The summed E-state index contributed by atoms with van der Waals surface area (Å²) >= 11 is 0. The molecular formula is C29H31FN6O. The number of aryl methyl sites for hydroxylation is 1. The van der Waals surface area contributed by atoms with Crippen LogP contribution in [0.2, 0.25) is 0 Å². The second kappa shape index (κ2) is 9.65. The van der Waals surface area contributed by atoms with Crippen LogP contribution in [0.15, 0.2) is 48.9 Å². The van der Waals surface area contributed by atoms with E-state index in [0.29, 0.717) is 40.8 Å². The van der Waals surface area contributed by atoms with Gasteiger partial charge in [0.05, 0.1) is 18.1 Å². The van der Waals surface area contributed by atoms with E-state index in [9.17, 15) is 9.18 Å². The van der Waals surface area contributed by atoms with E-state index in [4.69, 9.17) is 10.1 Å². The Balaban J connectivity index is 1.42. The fraction of sp³-hybridized carbons (Fsp3) is 0.414. The number of nitrogens with zero attached hydrogens (tertiary/aromatic N) is 6. The van der Waals surface area contributed by atoms with E-state index in [1.165, 1.54) is 37.7 Å². The molecule has 0 unspecified atom stereocenters. The van der Waals surface area contributed by atoms with Crippen LogP contribution < -0.4 is 0 Å². The standard InChI is InChI=1S/C29H31FN6O/c1-18-26(32-14-13-31-18)27-25(29(37)35-17-23(16-30)19(35)2)28-33-24(12-15-36(28)34-27)22-10-8-21(9-11-22)20-6-4-3-5-7-20/h8-15,19-20,23H,3-7,16-17H2,1-2H3/t19-,23-/m0/s1. The fourth-order valence-electron chi connectivity index (χ4n) is 5.73. The van der Waals surface area contributed by atoms with E-state index >= 15 is 0 Å². The lowest BCUT2D eigenvalue weighted by atomic mass is 9.84. The van der Waals surface area contributed by atoms with E-state index in [2.05, 4.69) is 34.2 Å². The van der Waals surface area contributed by atoms with Crippen LogP contribution in [0.1, 0.15) is 66.6 Å². The minimum atomic E-state index is -0.435. The predicted octanol–water partition coefficient (Wildman–Crippen LogP) is 5.64. The molecule has 1 saturated heterocycles. The first-order valence-corrected chi connectivity index (χ1v) is 13.2. The summed E-state index contributed by atoms with van der Waals surface area (Å²) in [5, 5.41) is 4.71. The maximum absolute atomic E-state index is 13.8. The first-order valence-electron chi connectivity index (χ1n) is 13.2. The van der Waals surface area contributed by atoms with Crippen molar-refractivity contribution >= 4 is 11.6 Å². The molecule has 190 valence electrons. The molecule has 2 fully saturated rings. The van der Waals surface area contributed by atoms with Crippen LogP contribution in [-0.2, 0) is 0 Å². The Morgan fingerprint density at radius 3 is 2.49 bits per heavy atom. The molecule has 0 radical (unpaired) electrons. The minimum absolute atomic E-state index is 0.140. The molecule has 1 aliphatic carbocycles. The third kappa shape index (κ3) is 4.18. The van der Waals surface area contributed by atoms with Gasteiger partial charge in [-0.2, -0.15) is 5.10 Å². The molecule has 1 amide bonds. The Morgan fingerprint density at radius 1 is 1.03 bits per heavy atom. The summed E-state index contributed by atoms with van der Waals surface area (Å²) in [6, 6.07) is 10.4. The maximum Gasteiger partial charge on any atom is 0.260 e. The monoisotopic (exact) mass is 498 g/mol. The van der Waals surface area contributed by atoms with Crippen LogP contribution in [0.4, 0.5) is 4.39 Å². The molecule has 8 heteroatoms. The van der Waals surface area contributed by atoms with E-state index in [1.54, 1.807) is 21.8 Å². The number of hydrogen-bond donors (Lipinski definition) is 0. The summed E-state index contributed by atoms with van der Waals surface area (Å²) < 4.78 is 15.0. The molecule has 3 aromatic heterocycles. The lowest BCUT2D eigenvalue weighted by Gasteiger charge is -2.45. The SMILES string of the molecule is Cc1nccnc1-c1nn2ccc(-c3ccc(C4CCCCC4)cc3)nc2c1C(=O)N1C[C@H](CF)[C@@H]1C. The first kappa shape index (κ1) is 23.7. The van der Waals surface area contributed by atoms with Crippen LogP contribution in [0, 0.1) is 12.8 Å². The topological polar surface area (TPSA) is 76.3 Å². The highest BCUT2D eigenvalue weighted by Crippen LogP contribution is 2.35. The third-order valence-corrected chi connectivity index (χ3v) is 8.15. The Labute approximate surface area is 215 Å². The highest BCUT2D eigenvalue weighted by molar-refractivity contribution is 6.06. The van der Waals surface area contributed by atoms with Gasteiger partial charge in [-0.25, -0.2) is 9.50 Å². The van der Waals surface area contributed by atoms with Crippen LogP contribution >= 0.6 is 0 Å². The van der Waals surface area contributed by atoms with Gasteiger partial charge in [0.25, 0.3) is 5.91 Å². The van der Waals surface area contributed by atoms with Crippen LogP contribution in [0.3, 0.4) is 0 Å². The molecule has 0 bridgehead atoms. The normalized spacial score (nSPS) is 20.2. The van der Waals surface area contributed by atoms with E-state index in [1.807, 2.05) is 26.1 Å². The maximum atomic E-state index is 13.8. The van der Waals surface area contributed by atoms with Crippen molar-refractivity contribution in [3.63, 3.8) is 0 Å². The zero-order valence-corrected chi connectivity index (χ0v) is 21.3. The molecule has 7 nitrogen and oxygen atoms in total. The van der Waals surface area contributed by atoms with Gasteiger partial charge in [0.15, 0.2) is 5.65 Å². The fourth-order valence-corrected chi connectivity index (χ4v) is 5.73. The summed E-state index contributed by atoms with van der Waals surface area (Å²) in [6.07, 6.45) is 11.5. The average Bonchev–Trinajstić information content (AvgIpc) is 3.32. The summed E-state index contributed by atoms with van der Waals surface area (Å²) in [6.45, 7) is 3.68. The van der Waals surface area contributed by atoms with E-state index in [-0.39, 0.29) is 17.9 Å². The van der Waals surface area contributed by atoms with Gasteiger partial charge >= 0.3 is 0 Å². The lowest BCUT2D eigenvalue weighted by molar-refractivity contribution is 0.0142. The number of alkyl halides is 1. The second-order valence-corrected chi connectivity index (χ2v) is 10.4. The molecule has 4 aromatic rings. The average molecular weight is 499 g/mol. The number of hydrogen-bond acceptors (Lipinski definition) is 5. The number of likely N-dealkylation sites (tertiary alicyclic amines) is 1. The lowest BCUT2D eigenvalue weighted by Crippen LogP contribution is -2.57. The van der Waals surface area contributed by atoms with Crippen molar-refractivity contribution in [2.45, 2.75) is 57.9 Å². The number of amides is 1. The van der Waals surface area contributed by atoms with Gasteiger partial charge in [-0.1, -0.05) is 43.5 Å². The minimum Gasteiger partial charge on any atom is -0.335 e. The van der Waals surface area contributed by atoms with Gasteiger partial charge in [-0.3, -0.25) is 19.2 Å². The van der Waals surface area contributed by atoms with Gasteiger partial charge in [0.2, 0.25) is 0 Å². The van der Waals surface area contributed by atoms with Gasteiger partial charge in [-0.05, 0) is 44.2 Å². The number of benzene rings is 1. The van der Waals surface area contributed by atoms with Crippen molar-refractivity contribution in [1.82, 2.24) is 29.5 Å². The number of halogens is 1. The summed E-state index contributed by atoms with van der Waals surface area (Å²) in [5.74, 6) is 0.296. The van der Waals surface area contributed by atoms with Crippen LogP contribution in [0.25, 0.3) is 28.3 Å². The molecule has 2 atom stereocenters. The molecule has 37 heavy (non-hydrogen) atoms. The Hall–Kier alpha value is -3.68. The van der Waals surface area contributed by atoms with Gasteiger partial charge in [0, 0.05) is 42.7 Å². The van der Waals surface area contributed by atoms with E-state index in [0.717, 1.165) is 11.3 Å². The molecule has 2 aliphatic rings. The molecule has 1 aromatic carbocycles. The second-order valence-electron chi connectivity index (χ2n) is 10.4. The van der Waals surface area contributed by atoms with Gasteiger partial charge in [-0.15, -0.1) is 0 Å². The number of carbonyl (C=O) groups excluding carboxylic acids is 1.